The zero-order valence-electron chi connectivity index (χ0n) is 18.1. The van der Waals surface area contributed by atoms with E-state index in [-0.39, 0.29) is 12.5 Å². The Hall–Kier alpha value is -2.94. The van der Waals surface area contributed by atoms with E-state index in [4.69, 9.17) is 0 Å². The zero-order chi connectivity index (χ0) is 23.2. The van der Waals surface area contributed by atoms with Crippen LogP contribution in [0.4, 0.5) is 10.1 Å². The number of rotatable bonds is 9. The van der Waals surface area contributed by atoms with E-state index >= 15 is 0 Å². The van der Waals surface area contributed by atoms with Crippen LogP contribution in [0.2, 0.25) is 0 Å². The number of benzene rings is 2. The Morgan fingerprint density at radius 3 is 2.16 bits per heavy atom. The van der Waals surface area contributed by atoms with E-state index in [2.05, 4.69) is 5.32 Å². The fourth-order valence-corrected chi connectivity index (χ4v) is 3.87. The number of anilines is 1. The molecule has 0 saturated heterocycles. The number of carbonyl (C=O) groups is 2. The van der Waals surface area contributed by atoms with E-state index in [1.54, 1.807) is 38.1 Å². The van der Waals surface area contributed by atoms with Crippen molar-refractivity contribution in [3.63, 3.8) is 0 Å². The number of amides is 2. The average molecular weight is 450 g/mol. The Kier molecular flexibility index (Phi) is 8.15. The average Bonchev–Trinajstić information content (AvgIpc) is 2.71. The highest BCUT2D eigenvalue weighted by Crippen LogP contribution is 2.19. The highest BCUT2D eigenvalue weighted by atomic mass is 32.2. The minimum absolute atomic E-state index is 0.0307. The van der Waals surface area contributed by atoms with E-state index in [0.29, 0.717) is 17.8 Å². The Morgan fingerprint density at radius 1 is 1.06 bits per heavy atom. The molecule has 0 unspecified atom stereocenters. The largest absolute Gasteiger partial charge is 0.355 e. The molecule has 0 saturated carbocycles. The first kappa shape index (κ1) is 24.3. The Labute approximate surface area is 182 Å². The molecule has 2 aromatic carbocycles. The minimum Gasteiger partial charge on any atom is -0.355 e. The Bertz CT molecular complexity index is 1010. The fourth-order valence-electron chi connectivity index (χ4n) is 3.02. The van der Waals surface area contributed by atoms with Crippen LogP contribution in [0.1, 0.15) is 25.0 Å². The van der Waals surface area contributed by atoms with Crippen molar-refractivity contribution in [3.8, 4) is 0 Å². The number of hydrogen-bond acceptors (Lipinski definition) is 4. The summed E-state index contributed by atoms with van der Waals surface area (Å²) >= 11 is 0. The molecule has 0 spiro atoms. The number of nitrogens with zero attached hydrogens (tertiary/aromatic N) is 2. The number of sulfonamides is 1. The summed E-state index contributed by atoms with van der Waals surface area (Å²) in [6.45, 7) is 5.16. The summed E-state index contributed by atoms with van der Waals surface area (Å²) in [5.41, 5.74) is 1.92. The van der Waals surface area contributed by atoms with Crippen molar-refractivity contribution in [3.05, 3.63) is 65.5 Å². The molecule has 0 heterocycles. The molecular weight excluding hydrogens is 421 g/mol. The maximum atomic E-state index is 13.3. The third-order valence-corrected chi connectivity index (χ3v) is 5.93. The molecule has 0 aliphatic rings. The molecule has 2 aromatic rings. The number of likely N-dealkylation sites (N-methyl/N-ethyl adjacent to an activating group) is 1. The van der Waals surface area contributed by atoms with Gasteiger partial charge in [0.1, 0.15) is 18.4 Å². The van der Waals surface area contributed by atoms with Crippen molar-refractivity contribution in [1.82, 2.24) is 10.2 Å². The van der Waals surface area contributed by atoms with Crippen LogP contribution in [-0.2, 0) is 26.2 Å². The van der Waals surface area contributed by atoms with Crippen LogP contribution in [0.15, 0.2) is 48.5 Å². The van der Waals surface area contributed by atoms with Crippen molar-refractivity contribution >= 4 is 27.5 Å². The van der Waals surface area contributed by atoms with Gasteiger partial charge in [-0.05, 0) is 50.6 Å². The minimum atomic E-state index is -3.76. The Balaban J connectivity index is 2.35. The molecule has 0 bridgehead atoms. The molecule has 0 aromatic heterocycles. The SMILES string of the molecule is CCNC(=O)[C@H](C)N(Cc1ccc(F)cc1)C(=O)CN(c1ccc(C)cc1)S(C)(=O)=O. The maximum absolute atomic E-state index is 13.3. The first-order valence-electron chi connectivity index (χ1n) is 9.89. The van der Waals surface area contributed by atoms with Gasteiger partial charge >= 0.3 is 0 Å². The quantitative estimate of drug-likeness (QED) is 0.637. The second-order valence-corrected chi connectivity index (χ2v) is 9.23. The monoisotopic (exact) mass is 449 g/mol. The summed E-state index contributed by atoms with van der Waals surface area (Å²) in [6.07, 6.45) is 1.03. The number of halogens is 1. The smallest absolute Gasteiger partial charge is 0.244 e. The van der Waals surface area contributed by atoms with Crippen LogP contribution in [0.5, 0.6) is 0 Å². The summed E-state index contributed by atoms with van der Waals surface area (Å²) in [5.74, 6) is -1.32. The molecule has 1 atom stereocenters. The van der Waals surface area contributed by atoms with Crippen molar-refractivity contribution in [2.75, 3.05) is 23.7 Å². The zero-order valence-corrected chi connectivity index (χ0v) is 18.9. The second-order valence-electron chi connectivity index (χ2n) is 7.32. The second kappa shape index (κ2) is 10.4. The van der Waals surface area contributed by atoms with Crippen LogP contribution in [0.3, 0.4) is 0 Å². The lowest BCUT2D eigenvalue weighted by Gasteiger charge is -2.31. The lowest BCUT2D eigenvalue weighted by molar-refractivity contribution is -0.139. The van der Waals surface area contributed by atoms with E-state index in [1.807, 2.05) is 6.92 Å². The van der Waals surface area contributed by atoms with E-state index < -0.39 is 34.3 Å². The van der Waals surface area contributed by atoms with Crippen LogP contribution in [0.25, 0.3) is 0 Å². The van der Waals surface area contributed by atoms with Gasteiger partial charge in [-0.1, -0.05) is 29.8 Å². The topological polar surface area (TPSA) is 86.8 Å². The van der Waals surface area contributed by atoms with Gasteiger partial charge in [0, 0.05) is 13.1 Å². The van der Waals surface area contributed by atoms with E-state index in [1.165, 1.54) is 29.2 Å². The van der Waals surface area contributed by atoms with Gasteiger partial charge < -0.3 is 10.2 Å². The third kappa shape index (κ3) is 6.78. The van der Waals surface area contributed by atoms with Crippen molar-refractivity contribution in [2.45, 2.75) is 33.4 Å². The molecule has 2 rings (SSSR count). The number of aryl methyl sites for hydroxylation is 1. The van der Waals surface area contributed by atoms with Crippen molar-refractivity contribution in [2.24, 2.45) is 0 Å². The predicted molar refractivity (Wildman–Crippen MR) is 118 cm³/mol. The summed E-state index contributed by atoms with van der Waals surface area (Å²) in [6, 6.07) is 11.5. The van der Waals surface area contributed by atoms with Gasteiger partial charge in [-0.2, -0.15) is 0 Å². The van der Waals surface area contributed by atoms with Crippen LogP contribution in [0, 0.1) is 12.7 Å². The van der Waals surface area contributed by atoms with Crippen LogP contribution in [-0.4, -0.2) is 50.5 Å². The molecule has 9 heteroatoms. The molecule has 2 amide bonds. The van der Waals surface area contributed by atoms with Gasteiger partial charge in [0.15, 0.2) is 0 Å². The lowest BCUT2D eigenvalue weighted by Crippen LogP contribution is -2.51. The molecule has 168 valence electrons. The van der Waals surface area contributed by atoms with E-state index in [0.717, 1.165) is 16.1 Å². The van der Waals surface area contributed by atoms with Crippen molar-refractivity contribution < 1.29 is 22.4 Å². The van der Waals surface area contributed by atoms with Crippen molar-refractivity contribution in [1.29, 1.82) is 0 Å². The van der Waals surface area contributed by atoms with Gasteiger partial charge in [0.05, 0.1) is 11.9 Å². The van der Waals surface area contributed by atoms with Gasteiger partial charge in [0.25, 0.3) is 0 Å². The number of hydrogen-bond donors (Lipinski definition) is 1. The lowest BCUT2D eigenvalue weighted by atomic mass is 10.1. The van der Waals surface area contributed by atoms with Crippen LogP contribution >= 0.6 is 0 Å². The first-order chi connectivity index (χ1) is 14.5. The van der Waals surface area contributed by atoms with Gasteiger partial charge in [0.2, 0.25) is 21.8 Å². The summed E-state index contributed by atoms with van der Waals surface area (Å²) in [5, 5.41) is 2.67. The molecule has 0 aliphatic carbocycles. The highest BCUT2D eigenvalue weighted by molar-refractivity contribution is 7.92. The fraction of sp³-hybridized carbons (Fsp3) is 0.364. The van der Waals surface area contributed by atoms with Gasteiger partial charge in [-0.3, -0.25) is 13.9 Å². The molecule has 0 fully saturated rings. The summed E-state index contributed by atoms with van der Waals surface area (Å²) < 4.78 is 39.1. The summed E-state index contributed by atoms with van der Waals surface area (Å²) in [4.78, 5) is 27.0. The standard InChI is InChI=1S/C22H28FN3O4S/c1-5-24-22(28)17(3)25(14-18-8-10-19(23)11-9-18)21(27)15-26(31(4,29)30)20-12-6-16(2)7-13-20/h6-13,17H,5,14-15H2,1-4H3,(H,24,28)/t17-/m0/s1. The first-order valence-corrected chi connectivity index (χ1v) is 11.7. The van der Waals surface area contributed by atoms with E-state index in [9.17, 15) is 22.4 Å². The third-order valence-electron chi connectivity index (χ3n) is 4.79. The predicted octanol–water partition coefficient (Wildman–Crippen LogP) is 2.45. The Morgan fingerprint density at radius 2 is 1.65 bits per heavy atom. The van der Waals surface area contributed by atoms with Gasteiger partial charge in [-0.25, -0.2) is 12.8 Å². The number of nitrogens with one attached hydrogen (secondary N) is 1. The number of carbonyl (C=O) groups excluding carboxylic acids is 2. The molecule has 0 aliphatic heterocycles. The van der Waals surface area contributed by atoms with Gasteiger partial charge in [-0.15, -0.1) is 0 Å². The maximum Gasteiger partial charge on any atom is 0.244 e. The molecular formula is C22H28FN3O4S. The normalized spacial score (nSPS) is 12.2. The molecule has 7 nitrogen and oxygen atoms in total. The summed E-state index contributed by atoms with van der Waals surface area (Å²) in [7, 11) is -3.76. The van der Waals surface area contributed by atoms with Crippen LogP contribution < -0.4 is 9.62 Å². The molecule has 0 radical (unpaired) electrons. The molecule has 31 heavy (non-hydrogen) atoms. The highest BCUT2D eigenvalue weighted by Gasteiger charge is 2.29. The molecule has 1 N–H and O–H groups in total.